The van der Waals surface area contributed by atoms with Crippen LogP contribution in [0.2, 0.25) is 0 Å². The number of nitrogens with one attached hydrogen (secondary N) is 1. The summed E-state index contributed by atoms with van der Waals surface area (Å²) in [5, 5.41) is 0. The number of imidazole rings is 1. The molecule has 0 fully saturated rings. The summed E-state index contributed by atoms with van der Waals surface area (Å²) in [6.07, 6.45) is 3.67. The number of aromatic amines is 1. The molecule has 0 radical (unpaired) electrons. The topological polar surface area (TPSA) is 66.9 Å². The van der Waals surface area contributed by atoms with E-state index in [1.54, 1.807) is 7.11 Å². The number of H-pyrrole nitrogens is 1. The summed E-state index contributed by atoms with van der Waals surface area (Å²) < 4.78 is 5.23. The predicted octanol–water partition coefficient (Wildman–Crippen LogP) is 3.00. The summed E-state index contributed by atoms with van der Waals surface area (Å²) in [4.78, 5) is 19.6. The number of hydrogen-bond donors (Lipinski definition) is 1. The zero-order valence-corrected chi connectivity index (χ0v) is 15.2. The normalized spacial score (nSPS) is 14.2. The molecule has 1 aliphatic rings. The molecule has 0 unspecified atom stereocenters. The van der Waals surface area contributed by atoms with Gasteiger partial charge in [-0.15, -0.1) is 0 Å². The molecule has 3 aromatic rings. The summed E-state index contributed by atoms with van der Waals surface area (Å²) in [6, 6.07) is 10.00. The van der Waals surface area contributed by atoms with E-state index >= 15 is 0 Å². The first-order valence-corrected chi connectivity index (χ1v) is 9.00. The van der Waals surface area contributed by atoms with Crippen molar-refractivity contribution in [3.8, 4) is 17.1 Å². The van der Waals surface area contributed by atoms with E-state index in [4.69, 9.17) is 9.72 Å². The summed E-state index contributed by atoms with van der Waals surface area (Å²) >= 11 is 0. The molecule has 0 atom stereocenters. The number of ether oxygens (including phenoxy) is 1. The third-order valence-corrected chi connectivity index (χ3v) is 4.74. The Hall–Kier alpha value is -2.73. The van der Waals surface area contributed by atoms with Gasteiger partial charge in [0, 0.05) is 44.2 Å². The van der Waals surface area contributed by atoms with Gasteiger partial charge in [-0.2, -0.15) is 0 Å². The molecular formula is C20H23N5O. The molecule has 1 N–H and O–H groups in total. The summed E-state index contributed by atoms with van der Waals surface area (Å²) in [6.45, 7) is 4.78. The summed E-state index contributed by atoms with van der Waals surface area (Å²) in [7, 11) is 1.68. The van der Waals surface area contributed by atoms with E-state index in [0.29, 0.717) is 0 Å². The molecule has 0 saturated heterocycles. The van der Waals surface area contributed by atoms with Gasteiger partial charge in [0.15, 0.2) is 0 Å². The molecule has 6 heteroatoms. The Morgan fingerprint density at radius 3 is 2.77 bits per heavy atom. The number of aromatic nitrogens is 4. The molecule has 26 heavy (non-hydrogen) atoms. The van der Waals surface area contributed by atoms with Crippen LogP contribution in [0.1, 0.15) is 29.8 Å². The van der Waals surface area contributed by atoms with Crippen molar-refractivity contribution in [1.82, 2.24) is 24.8 Å². The largest absolute Gasteiger partial charge is 0.497 e. The fourth-order valence-corrected chi connectivity index (χ4v) is 3.30. The Balaban J connectivity index is 1.49. The van der Waals surface area contributed by atoms with Crippen LogP contribution in [-0.2, 0) is 25.9 Å². The highest BCUT2D eigenvalue weighted by Crippen LogP contribution is 2.25. The maximum Gasteiger partial charge on any atom is 0.137 e. The number of hydrogen-bond acceptors (Lipinski definition) is 5. The van der Waals surface area contributed by atoms with E-state index in [0.717, 1.165) is 61.1 Å². The van der Waals surface area contributed by atoms with Crippen LogP contribution in [0, 0.1) is 0 Å². The van der Waals surface area contributed by atoms with E-state index in [1.807, 2.05) is 36.5 Å². The molecule has 0 aliphatic carbocycles. The smallest absolute Gasteiger partial charge is 0.137 e. The minimum absolute atomic E-state index is 0.839. The number of nitrogens with zero attached hydrogens (tertiary/aromatic N) is 4. The third kappa shape index (κ3) is 3.46. The Bertz CT molecular complexity index is 887. The predicted molar refractivity (Wildman–Crippen MR) is 99.8 cm³/mol. The van der Waals surface area contributed by atoms with E-state index in [9.17, 15) is 0 Å². The molecule has 134 valence electrons. The summed E-state index contributed by atoms with van der Waals surface area (Å²) in [5.74, 6) is 2.69. The second-order valence-corrected chi connectivity index (χ2v) is 6.52. The molecule has 0 bridgehead atoms. The Labute approximate surface area is 153 Å². The van der Waals surface area contributed by atoms with Crippen LogP contribution >= 0.6 is 0 Å². The van der Waals surface area contributed by atoms with Gasteiger partial charge >= 0.3 is 0 Å². The molecule has 0 amide bonds. The monoisotopic (exact) mass is 349 g/mol. The second kappa shape index (κ2) is 7.25. The number of benzene rings is 1. The molecule has 6 nitrogen and oxygen atoms in total. The average Bonchev–Trinajstić information content (AvgIpc) is 3.11. The van der Waals surface area contributed by atoms with Crippen LogP contribution in [0.15, 0.2) is 36.5 Å². The lowest BCUT2D eigenvalue weighted by molar-refractivity contribution is 0.238. The van der Waals surface area contributed by atoms with Crippen LogP contribution < -0.4 is 4.74 Å². The van der Waals surface area contributed by atoms with Crippen LogP contribution in [0.5, 0.6) is 5.75 Å². The van der Waals surface area contributed by atoms with E-state index < -0.39 is 0 Å². The van der Waals surface area contributed by atoms with E-state index in [1.165, 1.54) is 11.4 Å². The summed E-state index contributed by atoms with van der Waals surface area (Å²) in [5.41, 5.74) is 4.53. The van der Waals surface area contributed by atoms with Crippen molar-refractivity contribution in [2.75, 3.05) is 13.7 Å². The van der Waals surface area contributed by atoms with Crippen molar-refractivity contribution in [3.05, 3.63) is 59.4 Å². The lowest BCUT2D eigenvalue weighted by Crippen LogP contribution is -2.30. The first-order valence-electron chi connectivity index (χ1n) is 9.00. The average molecular weight is 349 g/mol. The van der Waals surface area contributed by atoms with Gasteiger partial charge in [-0.25, -0.2) is 15.0 Å². The van der Waals surface area contributed by atoms with Crippen molar-refractivity contribution < 1.29 is 4.74 Å². The Morgan fingerprint density at radius 2 is 2.00 bits per heavy atom. The lowest BCUT2D eigenvalue weighted by atomic mass is 10.1. The highest BCUT2D eigenvalue weighted by atomic mass is 16.5. The van der Waals surface area contributed by atoms with Crippen molar-refractivity contribution in [3.63, 3.8) is 0 Å². The molecule has 1 aliphatic heterocycles. The molecule has 1 aromatic carbocycles. The highest BCUT2D eigenvalue weighted by molar-refractivity contribution is 5.57. The Kier molecular flexibility index (Phi) is 4.67. The molecule has 3 heterocycles. The third-order valence-electron chi connectivity index (χ3n) is 4.74. The molecule has 0 saturated carbocycles. The number of rotatable bonds is 5. The minimum Gasteiger partial charge on any atom is -0.497 e. The van der Waals surface area contributed by atoms with Gasteiger partial charge in [-0.05, 0) is 30.3 Å². The van der Waals surface area contributed by atoms with E-state index in [-0.39, 0.29) is 0 Å². The van der Waals surface area contributed by atoms with Gasteiger partial charge in [0.2, 0.25) is 0 Å². The maximum absolute atomic E-state index is 5.23. The number of methoxy groups -OCH3 is 1. The molecule has 2 aromatic heterocycles. The highest BCUT2D eigenvalue weighted by Gasteiger charge is 2.21. The van der Waals surface area contributed by atoms with Crippen molar-refractivity contribution in [2.24, 2.45) is 0 Å². The maximum atomic E-state index is 5.23. The number of aryl methyl sites for hydroxylation is 1. The van der Waals surface area contributed by atoms with Gasteiger partial charge in [0.1, 0.15) is 17.4 Å². The first kappa shape index (κ1) is 16.7. The van der Waals surface area contributed by atoms with Crippen LogP contribution in [0.3, 0.4) is 0 Å². The van der Waals surface area contributed by atoms with Crippen molar-refractivity contribution in [1.29, 1.82) is 0 Å². The first-order chi connectivity index (χ1) is 12.7. The van der Waals surface area contributed by atoms with Gasteiger partial charge in [0.25, 0.3) is 0 Å². The van der Waals surface area contributed by atoms with Crippen molar-refractivity contribution >= 4 is 0 Å². The molecule has 0 spiro atoms. The van der Waals surface area contributed by atoms with Crippen LogP contribution in [0.25, 0.3) is 11.4 Å². The molecule has 4 rings (SSSR count). The zero-order valence-electron chi connectivity index (χ0n) is 15.2. The van der Waals surface area contributed by atoms with Crippen LogP contribution in [0.4, 0.5) is 0 Å². The van der Waals surface area contributed by atoms with Crippen LogP contribution in [-0.4, -0.2) is 38.5 Å². The zero-order chi connectivity index (χ0) is 17.9. The van der Waals surface area contributed by atoms with Gasteiger partial charge in [-0.1, -0.05) is 6.92 Å². The number of fused-ring (bicyclic) bond motifs is 1. The quantitative estimate of drug-likeness (QED) is 0.767. The van der Waals surface area contributed by atoms with Gasteiger partial charge in [0.05, 0.1) is 24.2 Å². The van der Waals surface area contributed by atoms with Gasteiger partial charge in [-0.3, -0.25) is 4.90 Å². The van der Waals surface area contributed by atoms with Crippen molar-refractivity contribution in [2.45, 2.75) is 32.9 Å². The van der Waals surface area contributed by atoms with Gasteiger partial charge < -0.3 is 9.72 Å². The van der Waals surface area contributed by atoms with E-state index in [2.05, 4.69) is 26.8 Å². The SMILES string of the molecule is CCc1nccc(CN2CCc3nc(-c4ccc(OC)cc4)[nH]c3C2)n1. The lowest BCUT2D eigenvalue weighted by Gasteiger charge is -2.25. The second-order valence-electron chi connectivity index (χ2n) is 6.52. The Morgan fingerprint density at radius 1 is 1.15 bits per heavy atom. The fraction of sp³-hybridized carbons (Fsp3) is 0.350. The minimum atomic E-state index is 0.839. The molecular weight excluding hydrogens is 326 g/mol. The fourth-order valence-electron chi connectivity index (χ4n) is 3.30. The standard InChI is InChI=1S/C20H23N5O/c1-3-19-21-10-8-15(22-19)12-25-11-9-17-18(13-25)24-20(23-17)14-4-6-16(26-2)7-5-14/h4-8,10H,3,9,11-13H2,1-2H3,(H,23,24).